The fraction of sp³-hybridized carbons (Fsp3) is 0.412. The second-order valence-electron chi connectivity index (χ2n) is 5.73. The number of hydrogen-bond donors (Lipinski definition) is 0. The van der Waals surface area contributed by atoms with Crippen LogP contribution in [0.3, 0.4) is 0 Å². The van der Waals surface area contributed by atoms with E-state index in [0.29, 0.717) is 16.4 Å². The Morgan fingerprint density at radius 1 is 1.17 bits per heavy atom. The van der Waals surface area contributed by atoms with Crippen LogP contribution in [0, 0.1) is 6.92 Å². The normalized spacial score (nSPS) is 15.9. The van der Waals surface area contributed by atoms with Gasteiger partial charge in [0.1, 0.15) is 5.15 Å². The van der Waals surface area contributed by atoms with E-state index in [2.05, 4.69) is 16.9 Å². The average Bonchev–Trinajstić information content (AvgIpc) is 2.89. The highest BCUT2D eigenvalue weighted by molar-refractivity contribution is 6.33. The van der Waals surface area contributed by atoms with Gasteiger partial charge in [0.05, 0.1) is 16.9 Å². The number of carbonyl (C=O) groups excluding carboxylic acids is 1. The van der Waals surface area contributed by atoms with Gasteiger partial charge in [0.25, 0.3) is 5.91 Å². The highest BCUT2D eigenvalue weighted by Crippen LogP contribution is 2.25. The zero-order valence-electron chi connectivity index (χ0n) is 13.5. The van der Waals surface area contributed by atoms with Crippen LogP contribution in [0.2, 0.25) is 5.15 Å². The minimum atomic E-state index is -0.0227. The molecule has 1 aromatic heterocycles. The molecule has 0 atom stereocenters. The summed E-state index contributed by atoms with van der Waals surface area (Å²) in [5.74, 6) is -0.0227. The molecule has 0 bridgehead atoms. The molecule has 1 saturated heterocycles. The lowest BCUT2D eigenvalue weighted by atomic mass is 10.2. The molecule has 122 valence electrons. The first-order valence-corrected chi connectivity index (χ1v) is 8.31. The summed E-state index contributed by atoms with van der Waals surface area (Å²) in [7, 11) is 0. The topological polar surface area (TPSA) is 41.4 Å². The molecular weight excluding hydrogens is 312 g/mol. The molecule has 2 aromatic rings. The summed E-state index contributed by atoms with van der Waals surface area (Å²) in [5, 5.41) is 4.84. The third-order valence-electron chi connectivity index (χ3n) is 4.33. The summed E-state index contributed by atoms with van der Waals surface area (Å²) in [4.78, 5) is 17.1. The van der Waals surface area contributed by atoms with Crippen LogP contribution in [0.4, 0.5) is 0 Å². The number of hydrogen-bond acceptors (Lipinski definition) is 3. The van der Waals surface area contributed by atoms with Crippen molar-refractivity contribution < 1.29 is 4.79 Å². The van der Waals surface area contributed by atoms with E-state index in [-0.39, 0.29) is 5.91 Å². The Morgan fingerprint density at radius 3 is 2.43 bits per heavy atom. The van der Waals surface area contributed by atoms with Crippen molar-refractivity contribution in [2.24, 2.45) is 0 Å². The van der Waals surface area contributed by atoms with Crippen LogP contribution >= 0.6 is 11.6 Å². The van der Waals surface area contributed by atoms with Crippen LogP contribution < -0.4 is 0 Å². The molecule has 0 saturated carbocycles. The maximum absolute atomic E-state index is 12.9. The number of nitrogens with zero attached hydrogens (tertiary/aromatic N) is 4. The molecule has 6 heteroatoms. The Morgan fingerprint density at radius 2 is 1.83 bits per heavy atom. The monoisotopic (exact) mass is 332 g/mol. The second-order valence-corrected chi connectivity index (χ2v) is 6.08. The lowest BCUT2D eigenvalue weighted by Crippen LogP contribution is -2.48. The van der Waals surface area contributed by atoms with Crippen LogP contribution in [0.1, 0.15) is 23.0 Å². The van der Waals surface area contributed by atoms with E-state index in [1.807, 2.05) is 42.2 Å². The molecule has 3 rings (SSSR count). The third kappa shape index (κ3) is 3.12. The van der Waals surface area contributed by atoms with E-state index in [0.717, 1.165) is 38.4 Å². The minimum absolute atomic E-state index is 0.0227. The first-order valence-electron chi connectivity index (χ1n) is 7.94. The number of aromatic nitrogens is 2. The fourth-order valence-corrected chi connectivity index (χ4v) is 3.26. The third-order valence-corrected chi connectivity index (χ3v) is 4.67. The van der Waals surface area contributed by atoms with Crippen molar-refractivity contribution in [3.05, 3.63) is 46.7 Å². The van der Waals surface area contributed by atoms with Gasteiger partial charge in [-0.2, -0.15) is 5.10 Å². The van der Waals surface area contributed by atoms with Gasteiger partial charge in [-0.15, -0.1) is 0 Å². The summed E-state index contributed by atoms with van der Waals surface area (Å²) in [6.45, 7) is 8.28. The van der Waals surface area contributed by atoms with Gasteiger partial charge in [0.15, 0.2) is 0 Å². The van der Waals surface area contributed by atoms with E-state index in [1.54, 1.807) is 4.68 Å². The maximum Gasteiger partial charge on any atom is 0.258 e. The van der Waals surface area contributed by atoms with Crippen LogP contribution in [0.15, 0.2) is 30.3 Å². The summed E-state index contributed by atoms with van der Waals surface area (Å²) < 4.78 is 1.63. The van der Waals surface area contributed by atoms with Crippen molar-refractivity contribution in [3.63, 3.8) is 0 Å². The minimum Gasteiger partial charge on any atom is -0.336 e. The van der Waals surface area contributed by atoms with Gasteiger partial charge in [-0.3, -0.25) is 4.79 Å². The van der Waals surface area contributed by atoms with Crippen molar-refractivity contribution in [1.82, 2.24) is 19.6 Å². The van der Waals surface area contributed by atoms with Crippen molar-refractivity contribution in [1.29, 1.82) is 0 Å². The molecule has 2 heterocycles. The number of piperazine rings is 1. The number of para-hydroxylation sites is 1. The lowest BCUT2D eigenvalue weighted by Gasteiger charge is -2.34. The summed E-state index contributed by atoms with van der Waals surface area (Å²) >= 11 is 6.48. The van der Waals surface area contributed by atoms with E-state index in [9.17, 15) is 4.79 Å². The predicted octanol–water partition coefficient (Wildman–Crippen LogP) is 2.61. The molecule has 1 aromatic carbocycles. The first-order chi connectivity index (χ1) is 11.1. The van der Waals surface area contributed by atoms with Crippen molar-refractivity contribution in [2.45, 2.75) is 13.8 Å². The van der Waals surface area contributed by atoms with Gasteiger partial charge < -0.3 is 9.80 Å². The van der Waals surface area contributed by atoms with E-state index >= 15 is 0 Å². The molecule has 23 heavy (non-hydrogen) atoms. The molecule has 0 radical (unpaired) electrons. The number of rotatable bonds is 3. The van der Waals surface area contributed by atoms with Crippen molar-refractivity contribution in [3.8, 4) is 5.69 Å². The van der Waals surface area contributed by atoms with Gasteiger partial charge >= 0.3 is 0 Å². The Bertz CT molecular complexity index is 690. The summed E-state index contributed by atoms with van der Waals surface area (Å²) in [6, 6.07) is 9.63. The first kappa shape index (κ1) is 16.0. The van der Waals surface area contributed by atoms with E-state index in [1.165, 1.54) is 0 Å². The molecule has 0 spiro atoms. The van der Waals surface area contributed by atoms with Crippen LogP contribution in [0.5, 0.6) is 0 Å². The molecular formula is C17H21ClN4O. The standard InChI is InChI=1S/C17H21ClN4O/c1-3-20-9-11-21(12-10-20)17(23)15-13(2)19-22(16(15)18)14-7-5-4-6-8-14/h4-8H,3,9-12H2,1-2H3. The SMILES string of the molecule is CCN1CCN(C(=O)c2c(C)nn(-c3ccccc3)c2Cl)CC1. The number of amides is 1. The number of likely N-dealkylation sites (N-methyl/N-ethyl adjacent to an activating group) is 1. The van der Waals surface area contributed by atoms with Crippen LogP contribution in [-0.2, 0) is 0 Å². The van der Waals surface area contributed by atoms with Gasteiger partial charge in [0, 0.05) is 26.2 Å². The number of halogens is 1. The Kier molecular flexibility index (Phi) is 4.68. The van der Waals surface area contributed by atoms with E-state index in [4.69, 9.17) is 11.6 Å². The maximum atomic E-state index is 12.9. The Hall–Kier alpha value is -1.85. The largest absolute Gasteiger partial charge is 0.336 e. The molecule has 1 fully saturated rings. The molecule has 0 unspecified atom stereocenters. The molecule has 0 aliphatic carbocycles. The van der Waals surface area contributed by atoms with Gasteiger partial charge in [-0.05, 0) is 25.6 Å². The van der Waals surface area contributed by atoms with E-state index < -0.39 is 0 Å². The van der Waals surface area contributed by atoms with Gasteiger partial charge in [0.2, 0.25) is 0 Å². The average molecular weight is 333 g/mol. The summed E-state index contributed by atoms with van der Waals surface area (Å²) in [6.07, 6.45) is 0. The molecule has 1 aliphatic rings. The zero-order valence-corrected chi connectivity index (χ0v) is 14.3. The predicted molar refractivity (Wildman–Crippen MR) is 91.3 cm³/mol. The Balaban J connectivity index is 1.86. The molecule has 5 nitrogen and oxygen atoms in total. The fourth-order valence-electron chi connectivity index (χ4n) is 2.91. The van der Waals surface area contributed by atoms with Gasteiger partial charge in [-0.25, -0.2) is 4.68 Å². The number of aryl methyl sites for hydroxylation is 1. The van der Waals surface area contributed by atoms with Crippen molar-refractivity contribution in [2.75, 3.05) is 32.7 Å². The van der Waals surface area contributed by atoms with Crippen molar-refractivity contribution >= 4 is 17.5 Å². The number of benzene rings is 1. The van der Waals surface area contributed by atoms with Crippen LogP contribution in [0.25, 0.3) is 5.69 Å². The quantitative estimate of drug-likeness (QED) is 0.867. The van der Waals surface area contributed by atoms with Crippen LogP contribution in [-0.4, -0.2) is 58.2 Å². The molecule has 1 amide bonds. The zero-order chi connectivity index (χ0) is 16.4. The van der Waals surface area contributed by atoms with Gasteiger partial charge in [-0.1, -0.05) is 36.7 Å². The summed E-state index contributed by atoms with van der Waals surface area (Å²) in [5.41, 5.74) is 2.04. The highest BCUT2D eigenvalue weighted by Gasteiger charge is 2.27. The lowest BCUT2D eigenvalue weighted by molar-refractivity contribution is 0.0643. The molecule has 0 N–H and O–H groups in total. The highest BCUT2D eigenvalue weighted by atomic mass is 35.5. The second kappa shape index (κ2) is 6.72. The Labute approximate surface area is 141 Å². The molecule has 1 aliphatic heterocycles. The smallest absolute Gasteiger partial charge is 0.258 e. The number of carbonyl (C=O) groups is 1.